The van der Waals surface area contributed by atoms with Gasteiger partial charge in [0.05, 0.1) is 6.61 Å². The molecule has 0 aliphatic carbocycles. The Kier molecular flexibility index (Phi) is 7.53. The van der Waals surface area contributed by atoms with Gasteiger partial charge in [0.15, 0.2) is 0 Å². The molecule has 17 heavy (non-hydrogen) atoms. The van der Waals surface area contributed by atoms with Crippen LogP contribution in [0.25, 0.3) is 0 Å². The van der Waals surface area contributed by atoms with Gasteiger partial charge >= 0.3 is 11.9 Å². The molecular formula is C12H22O4Si. The minimum Gasteiger partial charge on any atom is -0.516 e. The van der Waals surface area contributed by atoms with Crippen molar-refractivity contribution in [2.45, 2.75) is 45.8 Å². The Hall–Kier alpha value is -1.10. The third-order valence-corrected chi connectivity index (χ3v) is 7.39. The van der Waals surface area contributed by atoms with Crippen LogP contribution in [0, 0.1) is 0 Å². The highest BCUT2D eigenvalue weighted by atomic mass is 28.4. The van der Waals surface area contributed by atoms with Gasteiger partial charge in [0.25, 0.3) is 8.32 Å². The van der Waals surface area contributed by atoms with Crippen LogP contribution >= 0.6 is 0 Å². The lowest BCUT2D eigenvalue weighted by atomic mass is 10.5. The second kappa shape index (κ2) is 8.06. The van der Waals surface area contributed by atoms with E-state index in [1.807, 2.05) is 20.8 Å². The number of ether oxygens (including phenoxy) is 1. The van der Waals surface area contributed by atoms with E-state index in [1.54, 1.807) is 6.92 Å². The van der Waals surface area contributed by atoms with Gasteiger partial charge in [-0.15, -0.1) is 0 Å². The monoisotopic (exact) mass is 258 g/mol. The van der Waals surface area contributed by atoms with E-state index in [0.717, 1.165) is 30.3 Å². The fourth-order valence-corrected chi connectivity index (χ4v) is 3.97. The molecule has 0 spiro atoms. The van der Waals surface area contributed by atoms with Crippen molar-refractivity contribution in [1.29, 1.82) is 0 Å². The first kappa shape index (κ1) is 15.9. The summed E-state index contributed by atoms with van der Waals surface area (Å²) in [7, 11) is -1.92. The van der Waals surface area contributed by atoms with Crippen LogP contribution in [0.4, 0.5) is 0 Å². The van der Waals surface area contributed by atoms with Crippen LogP contribution in [0.2, 0.25) is 18.1 Å². The average Bonchev–Trinajstić information content (AvgIpc) is 2.34. The van der Waals surface area contributed by atoms with Gasteiger partial charge in [-0.1, -0.05) is 20.8 Å². The summed E-state index contributed by atoms with van der Waals surface area (Å²) in [6.45, 7) is 8.15. The molecule has 0 radical (unpaired) electrons. The molecular weight excluding hydrogens is 236 g/mol. The lowest BCUT2D eigenvalue weighted by Gasteiger charge is -2.26. The Bertz CT molecular complexity index is 274. The van der Waals surface area contributed by atoms with E-state index in [9.17, 15) is 9.59 Å². The molecule has 0 aliphatic heterocycles. The number of carbonyl (C=O) groups is 2. The first-order chi connectivity index (χ1) is 8.03. The van der Waals surface area contributed by atoms with Gasteiger partial charge in [0, 0.05) is 12.2 Å². The van der Waals surface area contributed by atoms with Crippen molar-refractivity contribution in [3.05, 3.63) is 12.2 Å². The maximum Gasteiger partial charge on any atom is 0.330 e. The molecule has 0 heterocycles. The first-order valence-electron chi connectivity index (χ1n) is 6.11. The molecule has 0 N–H and O–H groups in total. The van der Waals surface area contributed by atoms with Crippen molar-refractivity contribution in [2.75, 3.05) is 6.61 Å². The quantitative estimate of drug-likeness (QED) is 0.400. The van der Waals surface area contributed by atoms with Crippen LogP contribution in [0.5, 0.6) is 0 Å². The van der Waals surface area contributed by atoms with Gasteiger partial charge in [-0.2, -0.15) is 0 Å². The molecule has 0 atom stereocenters. The second-order valence-corrected chi connectivity index (χ2v) is 8.44. The maximum absolute atomic E-state index is 11.6. The van der Waals surface area contributed by atoms with Gasteiger partial charge < -0.3 is 9.16 Å². The Balaban J connectivity index is 4.38. The topological polar surface area (TPSA) is 52.6 Å². The van der Waals surface area contributed by atoms with Crippen molar-refractivity contribution in [3.8, 4) is 0 Å². The molecule has 0 saturated heterocycles. The Morgan fingerprint density at radius 2 is 1.41 bits per heavy atom. The SMILES string of the molecule is CCOC(=O)/C=C\C(=O)O[Si](CC)(CC)CC. The summed E-state index contributed by atoms with van der Waals surface area (Å²) < 4.78 is 10.2. The number of hydrogen-bond donors (Lipinski definition) is 0. The summed E-state index contributed by atoms with van der Waals surface area (Å²) in [5.74, 6) is -0.948. The van der Waals surface area contributed by atoms with Gasteiger partial charge in [-0.25, -0.2) is 9.59 Å². The highest BCUT2D eigenvalue weighted by Gasteiger charge is 2.32. The highest BCUT2D eigenvalue weighted by Crippen LogP contribution is 2.21. The average molecular weight is 258 g/mol. The molecule has 0 aliphatic rings. The molecule has 98 valence electrons. The largest absolute Gasteiger partial charge is 0.516 e. The predicted octanol–water partition coefficient (Wildman–Crippen LogP) is 2.65. The minimum absolute atomic E-state index is 0.301. The van der Waals surface area contributed by atoms with Crippen molar-refractivity contribution < 1.29 is 18.8 Å². The third kappa shape index (κ3) is 5.67. The van der Waals surface area contributed by atoms with Crippen LogP contribution < -0.4 is 0 Å². The standard InChI is InChI=1S/C12H22O4Si/c1-5-15-11(13)9-10-12(14)16-17(6-2,7-3)8-4/h9-10H,5-8H2,1-4H3/b10-9-. The molecule has 0 rings (SSSR count). The predicted molar refractivity (Wildman–Crippen MR) is 69.1 cm³/mol. The molecule has 0 amide bonds. The van der Waals surface area contributed by atoms with Crippen molar-refractivity contribution in [3.63, 3.8) is 0 Å². The van der Waals surface area contributed by atoms with Crippen LogP contribution in [-0.2, 0) is 18.8 Å². The smallest absolute Gasteiger partial charge is 0.330 e. The summed E-state index contributed by atoms with van der Waals surface area (Å²) in [5, 5.41) is 0. The molecule has 0 aromatic heterocycles. The second-order valence-electron chi connectivity index (χ2n) is 3.75. The maximum atomic E-state index is 11.6. The molecule has 0 fully saturated rings. The van der Waals surface area contributed by atoms with Crippen molar-refractivity contribution in [2.24, 2.45) is 0 Å². The summed E-state index contributed by atoms with van der Waals surface area (Å²) in [5.41, 5.74) is 0. The lowest BCUT2D eigenvalue weighted by molar-refractivity contribution is -0.138. The zero-order valence-corrected chi connectivity index (χ0v) is 12.1. The van der Waals surface area contributed by atoms with E-state index >= 15 is 0 Å². The first-order valence-corrected chi connectivity index (χ1v) is 8.64. The molecule has 0 saturated carbocycles. The van der Waals surface area contributed by atoms with Crippen LogP contribution in [-0.4, -0.2) is 26.9 Å². The Labute approximate surface area is 104 Å². The van der Waals surface area contributed by atoms with Crippen LogP contribution in [0.15, 0.2) is 12.2 Å². The third-order valence-electron chi connectivity index (χ3n) is 2.89. The summed E-state index contributed by atoms with van der Waals surface area (Å²) in [6, 6.07) is 2.71. The molecule has 0 aromatic rings. The lowest BCUT2D eigenvalue weighted by Crippen LogP contribution is -2.37. The van der Waals surface area contributed by atoms with E-state index in [2.05, 4.69) is 4.74 Å². The van der Waals surface area contributed by atoms with E-state index in [4.69, 9.17) is 4.43 Å². The summed E-state index contributed by atoms with van der Waals surface area (Å²) in [4.78, 5) is 22.6. The summed E-state index contributed by atoms with van der Waals surface area (Å²) >= 11 is 0. The van der Waals surface area contributed by atoms with Crippen molar-refractivity contribution in [1.82, 2.24) is 0 Å². The fraction of sp³-hybridized carbons (Fsp3) is 0.667. The van der Waals surface area contributed by atoms with Crippen LogP contribution in [0.3, 0.4) is 0 Å². The molecule has 4 nitrogen and oxygen atoms in total. The van der Waals surface area contributed by atoms with Crippen molar-refractivity contribution >= 4 is 20.3 Å². The minimum atomic E-state index is -1.92. The van der Waals surface area contributed by atoms with Gasteiger partial charge in [-0.3, -0.25) is 0 Å². The van der Waals surface area contributed by atoms with E-state index in [0.29, 0.717) is 6.61 Å². The van der Waals surface area contributed by atoms with Gasteiger partial charge in [-0.05, 0) is 25.1 Å². The molecule has 0 bridgehead atoms. The molecule has 0 unspecified atom stereocenters. The fourth-order valence-electron chi connectivity index (χ4n) is 1.54. The van der Waals surface area contributed by atoms with E-state index in [-0.39, 0.29) is 0 Å². The van der Waals surface area contributed by atoms with Gasteiger partial charge in [0.1, 0.15) is 0 Å². The van der Waals surface area contributed by atoms with Crippen LogP contribution in [0.1, 0.15) is 27.7 Å². The number of rotatable bonds is 7. The number of esters is 1. The summed E-state index contributed by atoms with van der Waals surface area (Å²) in [6.07, 6.45) is 2.27. The van der Waals surface area contributed by atoms with E-state index < -0.39 is 20.3 Å². The Morgan fingerprint density at radius 3 is 1.82 bits per heavy atom. The number of carbonyl (C=O) groups excluding carboxylic acids is 2. The zero-order chi connectivity index (χ0) is 13.3. The highest BCUT2D eigenvalue weighted by molar-refractivity contribution is 6.75. The van der Waals surface area contributed by atoms with E-state index in [1.165, 1.54) is 0 Å². The Morgan fingerprint density at radius 1 is 0.941 bits per heavy atom. The zero-order valence-electron chi connectivity index (χ0n) is 11.1. The molecule has 5 heteroatoms. The number of hydrogen-bond acceptors (Lipinski definition) is 4. The van der Waals surface area contributed by atoms with Gasteiger partial charge in [0.2, 0.25) is 0 Å². The normalized spacial score (nSPS) is 11.5. The molecule has 0 aromatic carbocycles.